The SMILES string of the molecule is COc1cc(C=NNC(=O)c2ccncc2)cc(Br)c1OCCCOc1ccc(Cl)cc1. The number of carbonyl (C=O) groups excluding carboxylic acids is 1. The van der Waals surface area contributed by atoms with E-state index in [0.717, 1.165) is 11.3 Å². The van der Waals surface area contributed by atoms with Gasteiger partial charge in [-0.25, -0.2) is 5.43 Å². The molecule has 0 saturated carbocycles. The molecule has 0 aliphatic carbocycles. The highest BCUT2D eigenvalue weighted by Crippen LogP contribution is 2.36. The smallest absolute Gasteiger partial charge is 0.271 e. The molecule has 1 aromatic heterocycles. The number of nitrogens with one attached hydrogen (secondary N) is 1. The van der Waals surface area contributed by atoms with Crippen molar-refractivity contribution in [2.75, 3.05) is 20.3 Å². The first-order chi connectivity index (χ1) is 15.6. The van der Waals surface area contributed by atoms with Crippen LogP contribution < -0.4 is 19.6 Å². The zero-order chi connectivity index (χ0) is 22.8. The van der Waals surface area contributed by atoms with E-state index in [-0.39, 0.29) is 5.91 Å². The first kappa shape index (κ1) is 23.6. The maximum atomic E-state index is 12.0. The summed E-state index contributed by atoms with van der Waals surface area (Å²) in [6.07, 6.45) is 5.30. The molecule has 0 fully saturated rings. The van der Waals surface area contributed by atoms with Gasteiger partial charge in [0, 0.05) is 29.4 Å². The highest BCUT2D eigenvalue weighted by molar-refractivity contribution is 9.10. The topological polar surface area (TPSA) is 82.0 Å². The van der Waals surface area contributed by atoms with Crippen molar-refractivity contribution < 1.29 is 19.0 Å². The first-order valence-corrected chi connectivity index (χ1v) is 10.9. The van der Waals surface area contributed by atoms with E-state index in [4.69, 9.17) is 25.8 Å². The molecule has 3 aromatic rings. The van der Waals surface area contributed by atoms with Crippen LogP contribution in [0.4, 0.5) is 0 Å². The third kappa shape index (κ3) is 6.96. The van der Waals surface area contributed by atoms with E-state index >= 15 is 0 Å². The number of rotatable bonds is 10. The highest BCUT2D eigenvalue weighted by atomic mass is 79.9. The number of amides is 1. The van der Waals surface area contributed by atoms with E-state index in [1.807, 2.05) is 18.2 Å². The van der Waals surface area contributed by atoms with Gasteiger partial charge in [-0.05, 0) is 70.0 Å². The van der Waals surface area contributed by atoms with Crippen LogP contribution in [0.3, 0.4) is 0 Å². The van der Waals surface area contributed by atoms with Crippen molar-refractivity contribution >= 4 is 39.7 Å². The van der Waals surface area contributed by atoms with Crippen LogP contribution >= 0.6 is 27.5 Å². The number of hydrazone groups is 1. The van der Waals surface area contributed by atoms with E-state index in [0.29, 0.717) is 46.2 Å². The maximum absolute atomic E-state index is 12.0. The molecule has 0 unspecified atom stereocenters. The van der Waals surface area contributed by atoms with Crippen LogP contribution in [0.1, 0.15) is 22.3 Å². The van der Waals surface area contributed by atoms with Gasteiger partial charge in [-0.1, -0.05) is 11.6 Å². The second-order valence-electron chi connectivity index (χ2n) is 6.47. The summed E-state index contributed by atoms with van der Waals surface area (Å²) in [6, 6.07) is 14.0. The number of ether oxygens (including phenoxy) is 3. The van der Waals surface area contributed by atoms with Gasteiger partial charge < -0.3 is 14.2 Å². The molecule has 1 heterocycles. The van der Waals surface area contributed by atoms with Crippen LogP contribution in [0.5, 0.6) is 17.2 Å². The molecule has 32 heavy (non-hydrogen) atoms. The number of methoxy groups -OCH3 is 1. The fourth-order valence-electron chi connectivity index (χ4n) is 2.64. The van der Waals surface area contributed by atoms with Gasteiger partial charge in [-0.15, -0.1) is 0 Å². The van der Waals surface area contributed by atoms with Crippen LogP contribution in [-0.2, 0) is 0 Å². The van der Waals surface area contributed by atoms with Crippen molar-refractivity contribution in [1.82, 2.24) is 10.4 Å². The summed E-state index contributed by atoms with van der Waals surface area (Å²) >= 11 is 9.37. The van der Waals surface area contributed by atoms with E-state index in [2.05, 4.69) is 31.4 Å². The van der Waals surface area contributed by atoms with Gasteiger partial charge in [0.15, 0.2) is 11.5 Å². The summed E-state index contributed by atoms with van der Waals surface area (Å²) in [6.45, 7) is 0.946. The standard InChI is InChI=1S/C23H21BrClN3O4/c1-30-21-14-16(15-27-28-23(29)17-7-9-26-10-8-17)13-20(24)22(21)32-12-2-11-31-19-5-3-18(25)4-6-19/h3-10,13-15H,2,11-12H2,1H3,(H,28,29). The number of aromatic nitrogens is 1. The van der Waals surface area contributed by atoms with Crippen LogP contribution in [0.2, 0.25) is 5.02 Å². The van der Waals surface area contributed by atoms with Gasteiger partial charge in [0.2, 0.25) is 0 Å². The van der Waals surface area contributed by atoms with Gasteiger partial charge in [0.25, 0.3) is 5.91 Å². The van der Waals surface area contributed by atoms with E-state index in [1.165, 1.54) is 6.21 Å². The first-order valence-electron chi connectivity index (χ1n) is 9.69. The van der Waals surface area contributed by atoms with Gasteiger partial charge >= 0.3 is 0 Å². The van der Waals surface area contributed by atoms with Crippen LogP contribution in [0.15, 0.2) is 70.5 Å². The largest absolute Gasteiger partial charge is 0.493 e. The monoisotopic (exact) mass is 517 g/mol. The lowest BCUT2D eigenvalue weighted by atomic mass is 10.2. The fraction of sp³-hybridized carbons (Fsp3) is 0.174. The zero-order valence-corrected chi connectivity index (χ0v) is 19.6. The summed E-state index contributed by atoms with van der Waals surface area (Å²) in [5, 5.41) is 4.67. The minimum absolute atomic E-state index is 0.324. The number of hydrogen-bond acceptors (Lipinski definition) is 6. The number of hydrogen-bond donors (Lipinski definition) is 1. The molecule has 3 rings (SSSR count). The van der Waals surface area contributed by atoms with E-state index in [1.54, 1.807) is 49.8 Å². The lowest BCUT2D eigenvalue weighted by Gasteiger charge is -2.14. The molecule has 1 N–H and O–H groups in total. The average molecular weight is 519 g/mol. The molecule has 166 valence electrons. The molecule has 1 amide bonds. The lowest BCUT2D eigenvalue weighted by Crippen LogP contribution is -2.17. The summed E-state index contributed by atoms with van der Waals surface area (Å²) in [7, 11) is 1.56. The van der Waals surface area contributed by atoms with Crippen LogP contribution in [0, 0.1) is 0 Å². The Morgan fingerprint density at radius 1 is 1.12 bits per heavy atom. The fourth-order valence-corrected chi connectivity index (χ4v) is 3.34. The maximum Gasteiger partial charge on any atom is 0.271 e. The minimum atomic E-state index is -0.324. The number of pyridine rings is 1. The summed E-state index contributed by atoms with van der Waals surface area (Å²) in [5.74, 6) is 1.56. The molecule has 0 radical (unpaired) electrons. The molecule has 2 aromatic carbocycles. The quantitative estimate of drug-likeness (QED) is 0.229. The highest BCUT2D eigenvalue weighted by Gasteiger charge is 2.11. The predicted octanol–water partition coefficient (Wildman–Crippen LogP) is 5.12. The van der Waals surface area contributed by atoms with Gasteiger partial charge in [0.1, 0.15) is 5.75 Å². The summed E-state index contributed by atoms with van der Waals surface area (Å²) < 4.78 is 17.7. The average Bonchev–Trinajstić information content (AvgIpc) is 2.81. The summed E-state index contributed by atoms with van der Waals surface area (Å²) in [5.41, 5.74) is 3.67. The Bertz CT molecular complexity index is 1060. The molecule has 0 bridgehead atoms. The Labute approximate surface area is 199 Å². The Hall–Kier alpha value is -3.10. The van der Waals surface area contributed by atoms with Gasteiger partial charge in [0.05, 0.1) is 31.0 Å². The Morgan fingerprint density at radius 2 is 1.84 bits per heavy atom. The molecular weight excluding hydrogens is 498 g/mol. The van der Waals surface area contributed by atoms with Gasteiger partial charge in [-0.3, -0.25) is 9.78 Å². The van der Waals surface area contributed by atoms with E-state index in [9.17, 15) is 4.79 Å². The normalized spacial score (nSPS) is 10.7. The number of carbonyl (C=O) groups is 1. The Morgan fingerprint density at radius 3 is 2.56 bits per heavy atom. The van der Waals surface area contributed by atoms with Crippen LogP contribution in [-0.4, -0.2) is 37.4 Å². The van der Waals surface area contributed by atoms with Crippen LogP contribution in [0.25, 0.3) is 0 Å². The third-order valence-corrected chi connectivity index (χ3v) is 5.03. The van der Waals surface area contributed by atoms with Crippen molar-refractivity contribution in [3.05, 3.63) is 81.5 Å². The van der Waals surface area contributed by atoms with Gasteiger partial charge in [-0.2, -0.15) is 5.10 Å². The number of halogens is 2. The molecule has 0 saturated heterocycles. The minimum Gasteiger partial charge on any atom is -0.493 e. The Balaban J connectivity index is 1.52. The van der Waals surface area contributed by atoms with Crippen molar-refractivity contribution in [3.8, 4) is 17.2 Å². The van der Waals surface area contributed by atoms with E-state index < -0.39 is 0 Å². The predicted molar refractivity (Wildman–Crippen MR) is 127 cm³/mol. The Kier molecular flexibility index (Phi) is 8.89. The lowest BCUT2D eigenvalue weighted by molar-refractivity contribution is 0.0955. The third-order valence-electron chi connectivity index (χ3n) is 4.19. The molecule has 0 spiro atoms. The molecule has 0 atom stereocenters. The molecule has 0 aliphatic rings. The summed E-state index contributed by atoms with van der Waals surface area (Å²) in [4.78, 5) is 15.9. The number of nitrogens with zero attached hydrogens (tertiary/aromatic N) is 2. The van der Waals surface area contributed by atoms with Crippen molar-refractivity contribution in [3.63, 3.8) is 0 Å². The molecule has 0 aliphatic heterocycles. The molecule has 7 nitrogen and oxygen atoms in total. The molecular formula is C23H21BrClN3O4. The van der Waals surface area contributed by atoms with Crippen molar-refractivity contribution in [2.24, 2.45) is 5.10 Å². The molecule has 9 heteroatoms. The zero-order valence-electron chi connectivity index (χ0n) is 17.3. The second-order valence-corrected chi connectivity index (χ2v) is 7.76. The van der Waals surface area contributed by atoms with Crippen molar-refractivity contribution in [2.45, 2.75) is 6.42 Å². The van der Waals surface area contributed by atoms with Crippen molar-refractivity contribution in [1.29, 1.82) is 0 Å². The number of benzene rings is 2. The second kappa shape index (κ2) is 12.1.